The first-order chi connectivity index (χ1) is 30.9. The molecule has 0 aliphatic carbocycles. The van der Waals surface area contributed by atoms with Gasteiger partial charge >= 0.3 is 0 Å². The Labute approximate surface area is 386 Å². The molecule has 6 aromatic rings. The SMILES string of the molecule is CCc1cc(Nc2ncc(Br)c(Nc3cnc4ccccc4c3P(C)(C)=O)n2)c(OC)cc1N1CCC(N2CCN(CCc3ccc4nc(C5CCC(=O)NC5=O)sc4c3)CC2)CC1. The molecule has 334 valence electrons. The summed E-state index contributed by atoms with van der Waals surface area (Å²) < 4.78 is 21.3. The Morgan fingerprint density at radius 2 is 1.70 bits per heavy atom. The number of carbonyl (C=O) groups is 2. The Hall–Kier alpha value is -4.99. The third-order valence-electron chi connectivity index (χ3n) is 12.8. The average Bonchev–Trinajstić information content (AvgIpc) is 3.72. The summed E-state index contributed by atoms with van der Waals surface area (Å²) in [6.07, 6.45) is 8.36. The standard InChI is InChI=1S/C47H54BrN10O4PS/c1-5-30-25-37(53-47-50-27-34(48)44(55-47)51-38-28-49-35-9-7-6-8-32(35)43(38)63(3,4)61)40(62-2)26-39(30)58-18-15-31(16-19-58)57-22-20-56(21-23-57)17-14-29-10-12-36-41(24-29)64-46(52-36)33-11-13-42(59)54-45(33)60/h6-10,12,24-28,31,33H,5,11,13-23H2,1-4H3,(H,54,59,60)(H2,50,51,53,55). The smallest absolute Gasteiger partial charge is 0.236 e. The van der Waals surface area contributed by atoms with E-state index in [1.807, 2.05) is 24.3 Å². The molecule has 14 nitrogen and oxygen atoms in total. The molecule has 6 heterocycles. The molecular weight excluding hydrogens is 912 g/mol. The summed E-state index contributed by atoms with van der Waals surface area (Å²) in [6, 6.07) is 19.1. The highest BCUT2D eigenvalue weighted by Gasteiger charge is 2.32. The number of amides is 2. The molecule has 9 rings (SSSR count). The topological polar surface area (TPSA) is 158 Å². The number of fused-ring (bicyclic) bond motifs is 2. The molecule has 3 aromatic heterocycles. The molecule has 1 atom stereocenters. The number of pyridine rings is 1. The van der Waals surface area contributed by atoms with Crippen LogP contribution >= 0.6 is 34.4 Å². The fourth-order valence-electron chi connectivity index (χ4n) is 9.35. The number of thiazole rings is 1. The number of para-hydroxylation sites is 1. The second-order valence-electron chi connectivity index (χ2n) is 17.3. The van der Waals surface area contributed by atoms with Crippen LogP contribution in [0, 0.1) is 0 Å². The number of carbonyl (C=O) groups excluding carboxylic acids is 2. The van der Waals surface area contributed by atoms with Gasteiger partial charge in [0.25, 0.3) is 0 Å². The zero-order valence-electron chi connectivity index (χ0n) is 36.7. The largest absolute Gasteiger partial charge is 0.494 e. The molecule has 64 heavy (non-hydrogen) atoms. The van der Waals surface area contributed by atoms with Gasteiger partial charge in [-0.2, -0.15) is 4.98 Å². The van der Waals surface area contributed by atoms with E-state index in [4.69, 9.17) is 14.7 Å². The van der Waals surface area contributed by atoms with Crippen molar-refractivity contribution in [2.75, 3.05) is 81.8 Å². The highest BCUT2D eigenvalue weighted by atomic mass is 79.9. The quantitative estimate of drug-likeness (QED) is 0.0756. The lowest BCUT2D eigenvalue weighted by Gasteiger charge is -2.43. The van der Waals surface area contributed by atoms with Gasteiger partial charge < -0.3 is 29.7 Å². The van der Waals surface area contributed by atoms with Crippen molar-refractivity contribution >= 4 is 101 Å². The summed E-state index contributed by atoms with van der Waals surface area (Å²) in [5.74, 6) is 0.858. The van der Waals surface area contributed by atoms with Crippen molar-refractivity contribution < 1.29 is 18.9 Å². The van der Waals surface area contributed by atoms with Crippen LogP contribution in [-0.2, 0) is 27.0 Å². The number of benzene rings is 3. The first-order valence-corrected chi connectivity index (χ1v) is 26.3. The van der Waals surface area contributed by atoms with Crippen molar-refractivity contribution in [2.24, 2.45) is 0 Å². The number of halogens is 1. The van der Waals surface area contributed by atoms with E-state index >= 15 is 0 Å². The van der Waals surface area contributed by atoms with Gasteiger partial charge in [0.1, 0.15) is 23.7 Å². The summed E-state index contributed by atoms with van der Waals surface area (Å²) in [6.45, 7) is 13.0. The van der Waals surface area contributed by atoms with E-state index < -0.39 is 7.14 Å². The molecule has 3 saturated heterocycles. The van der Waals surface area contributed by atoms with Gasteiger partial charge in [0.05, 0.1) is 50.8 Å². The summed E-state index contributed by atoms with van der Waals surface area (Å²) in [4.78, 5) is 50.6. The van der Waals surface area contributed by atoms with Gasteiger partial charge in [-0.15, -0.1) is 11.3 Å². The van der Waals surface area contributed by atoms with Gasteiger partial charge in [0, 0.05) is 86.9 Å². The van der Waals surface area contributed by atoms with E-state index in [2.05, 4.69) is 93.8 Å². The highest BCUT2D eigenvalue weighted by molar-refractivity contribution is 9.10. The molecule has 3 aromatic carbocycles. The molecule has 3 aliphatic heterocycles. The number of ether oxygens (including phenoxy) is 1. The minimum atomic E-state index is -2.71. The van der Waals surface area contributed by atoms with Crippen LogP contribution in [0.4, 0.5) is 28.8 Å². The zero-order chi connectivity index (χ0) is 44.5. The van der Waals surface area contributed by atoms with Crippen molar-refractivity contribution in [3.63, 3.8) is 0 Å². The molecule has 0 radical (unpaired) electrons. The number of nitrogens with one attached hydrogen (secondary N) is 3. The third-order valence-corrected chi connectivity index (χ3v) is 16.0. The van der Waals surface area contributed by atoms with E-state index in [1.165, 1.54) is 16.8 Å². The summed E-state index contributed by atoms with van der Waals surface area (Å²) in [5, 5.41) is 11.7. The van der Waals surface area contributed by atoms with E-state index in [0.29, 0.717) is 46.6 Å². The molecule has 0 bridgehead atoms. The Morgan fingerprint density at radius 3 is 2.45 bits per heavy atom. The summed E-state index contributed by atoms with van der Waals surface area (Å²) in [5.41, 5.74) is 6.85. The molecular formula is C47H54BrN10O4PS. The van der Waals surface area contributed by atoms with Gasteiger partial charge in [0.2, 0.25) is 17.8 Å². The second kappa shape index (κ2) is 18.9. The summed E-state index contributed by atoms with van der Waals surface area (Å²) in [7, 11) is -1.01. The first kappa shape index (κ1) is 44.2. The fraction of sp³-hybridized carbons (Fsp3) is 0.404. The number of anilines is 5. The zero-order valence-corrected chi connectivity index (χ0v) is 40.0. The fourth-order valence-corrected chi connectivity index (χ4v) is 12.3. The maximum absolute atomic E-state index is 13.6. The Balaban J connectivity index is 0.796. The van der Waals surface area contributed by atoms with E-state index in [-0.39, 0.29) is 17.7 Å². The molecule has 3 fully saturated rings. The number of nitrogens with zero attached hydrogens (tertiary/aromatic N) is 7. The average molecular weight is 966 g/mol. The number of methoxy groups -OCH3 is 1. The lowest BCUT2D eigenvalue weighted by Crippen LogP contribution is -2.53. The van der Waals surface area contributed by atoms with Crippen LogP contribution in [-0.4, -0.2) is 114 Å². The number of piperidine rings is 2. The Morgan fingerprint density at radius 1 is 0.906 bits per heavy atom. The normalized spacial score (nSPS) is 18.1. The van der Waals surface area contributed by atoms with E-state index in [0.717, 1.165) is 109 Å². The number of hydrogen-bond acceptors (Lipinski definition) is 14. The molecule has 2 amide bonds. The molecule has 3 aliphatic rings. The molecule has 0 spiro atoms. The van der Waals surface area contributed by atoms with Crippen molar-refractivity contribution in [2.45, 2.75) is 57.4 Å². The lowest BCUT2D eigenvalue weighted by molar-refractivity contribution is -0.134. The monoisotopic (exact) mass is 964 g/mol. The number of imide groups is 1. The predicted octanol–water partition coefficient (Wildman–Crippen LogP) is 8.05. The van der Waals surface area contributed by atoms with Crippen molar-refractivity contribution in [1.82, 2.24) is 35.1 Å². The maximum Gasteiger partial charge on any atom is 0.236 e. The molecule has 0 saturated carbocycles. The van der Waals surface area contributed by atoms with Gasteiger partial charge in [-0.25, -0.2) is 9.97 Å². The second-order valence-corrected chi connectivity index (χ2v) is 22.3. The number of aryl methyl sites for hydroxylation is 1. The van der Waals surface area contributed by atoms with Crippen LogP contribution in [0.5, 0.6) is 5.75 Å². The number of aromatic nitrogens is 4. The summed E-state index contributed by atoms with van der Waals surface area (Å²) >= 11 is 5.18. The van der Waals surface area contributed by atoms with Crippen LogP contribution in [0.25, 0.3) is 21.1 Å². The van der Waals surface area contributed by atoms with Crippen LogP contribution in [0.1, 0.15) is 54.7 Å². The predicted molar refractivity (Wildman–Crippen MR) is 261 cm³/mol. The molecule has 1 unspecified atom stereocenters. The van der Waals surface area contributed by atoms with E-state index in [1.54, 1.807) is 44.2 Å². The Bertz CT molecular complexity index is 2770. The van der Waals surface area contributed by atoms with Gasteiger partial charge in [-0.05, 0) is 96.8 Å². The van der Waals surface area contributed by atoms with Crippen molar-refractivity contribution in [3.05, 3.63) is 87.6 Å². The van der Waals surface area contributed by atoms with Crippen molar-refractivity contribution in [3.8, 4) is 5.75 Å². The first-order valence-electron chi connectivity index (χ1n) is 22.1. The minimum absolute atomic E-state index is 0.200. The van der Waals surface area contributed by atoms with Crippen LogP contribution in [0.2, 0.25) is 0 Å². The third kappa shape index (κ3) is 9.53. The van der Waals surface area contributed by atoms with Crippen LogP contribution < -0.4 is 30.9 Å². The van der Waals surface area contributed by atoms with Gasteiger partial charge in [-0.3, -0.25) is 24.8 Å². The molecule has 3 N–H and O–H groups in total. The van der Waals surface area contributed by atoms with Crippen LogP contribution in [0.3, 0.4) is 0 Å². The lowest BCUT2D eigenvalue weighted by atomic mass is 9.99. The number of hydrogen-bond donors (Lipinski definition) is 3. The Kier molecular flexibility index (Phi) is 13.0. The minimum Gasteiger partial charge on any atom is -0.494 e. The van der Waals surface area contributed by atoms with E-state index in [9.17, 15) is 14.2 Å². The maximum atomic E-state index is 13.6. The number of piperazine rings is 1. The van der Waals surface area contributed by atoms with Gasteiger partial charge in [0.15, 0.2) is 0 Å². The highest BCUT2D eigenvalue weighted by Crippen LogP contribution is 2.42. The van der Waals surface area contributed by atoms with Crippen LogP contribution in [0.15, 0.2) is 71.5 Å². The van der Waals surface area contributed by atoms with Gasteiger partial charge in [-0.1, -0.05) is 31.2 Å². The number of rotatable bonds is 13. The van der Waals surface area contributed by atoms with Crippen molar-refractivity contribution in [1.29, 1.82) is 0 Å². The molecule has 17 heteroatoms.